The summed E-state index contributed by atoms with van der Waals surface area (Å²) >= 11 is 0. The first kappa shape index (κ1) is 20.1. The molecule has 0 aromatic heterocycles. The Balaban J connectivity index is 1.21. The molecule has 2 aromatic rings. The minimum atomic E-state index is 0.0932. The Labute approximate surface area is 174 Å². The molecule has 2 fully saturated rings. The zero-order chi connectivity index (χ0) is 19.9. The summed E-state index contributed by atoms with van der Waals surface area (Å²) in [6.45, 7) is 8.25. The van der Waals surface area contributed by atoms with Crippen molar-refractivity contribution in [2.75, 3.05) is 44.6 Å². The summed E-state index contributed by atoms with van der Waals surface area (Å²) in [7, 11) is 0. The molecular formula is C24H32N4O. The van der Waals surface area contributed by atoms with Crippen molar-refractivity contribution in [1.82, 2.24) is 15.1 Å². The van der Waals surface area contributed by atoms with Gasteiger partial charge in [-0.15, -0.1) is 0 Å². The summed E-state index contributed by atoms with van der Waals surface area (Å²) in [5.41, 5.74) is 3.60. The highest BCUT2D eigenvalue weighted by molar-refractivity contribution is 5.92. The van der Waals surface area contributed by atoms with E-state index in [0.717, 1.165) is 70.9 Å². The van der Waals surface area contributed by atoms with Crippen molar-refractivity contribution in [3.63, 3.8) is 0 Å². The van der Waals surface area contributed by atoms with Crippen LogP contribution in [-0.2, 0) is 17.9 Å². The monoisotopic (exact) mass is 392 g/mol. The molecule has 0 spiro atoms. The van der Waals surface area contributed by atoms with Gasteiger partial charge in [-0.3, -0.25) is 14.6 Å². The first-order chi connectivity index (χ1) is 14.3. The SMILES string of the molecule is O=C(Nc1ccc(CN2CCN(Cc3ccccc3)CC2)cc1)C1CCCNC1. The Morgan fingerprint density at radius 3 is 2.10 bits per heavy atom. The lowest BCUT2D eigenvalue weighted by Crippen LogP contribution is -2.45. The van der Waals surface area contributed by atoms with E-state index < -0.39 is 0 Å². The number of benzene rings is 2. The molecule has 154 valence electrons. The van der Waals surface area contributed by atoms with Crippen molar-refractivity contribution in [2.45, 2.75) is 25.9 Å². The van der Waals surface area contributed by atoms with E-state index >= 15 is 0 Å². The summed E-state index contributed by atoms with van der Waals surface area (Å²) < 4.78 is 0. The minimum Gasteiger partial charge on any atom is -0.326 e. The molecule has 29 heavy (non-hydrogen) atoms. The second-order valence-corrected chi connectivity index (χ2v) is 8.27. The highest BCUT2D eigenvalue weighted by Crippen LogP contribution is 2.17. The van der Waals surface area contributed by atoms with Crippen LogP contribution in [0.4, 0.5) is 5.69 Å². The molecule has 2 aliphatic rings. The van der Waals surface area contributed by atoms with Gasteiger partial charge in [0, 0.05) is 51.5 Å². The molecule has 1 atom stereocenters. The fourth-order valence-electron chi connectivity index (χ4n) is 4.22. The van der Waals surface area contributed by atoms with Gasteiger partial charge in [0.15, 0.2) is 0 Å². The molecule has 0 saturated carbocycles. The maximum absolute atomic E-state index is 12.4. The van der Waals surface area contributed by atoms with Gasteiger partial charge >= 0.3 is 0 Å². The smallest absolute Gasteiger partial charge is 0.228 e. The average molecular weight is 393 g/mol. The van der Waals surface area contributed by atoms with E-state index in [-0.39, 0.29) is 11.8 Å². The Morgan fingerprint density at radius 1 is 0.897 bits per heavy atom. The quantitative estimate of drug-likeness (QED) is 0.794. The molecule has 5 nitrogen and oxygen atoms in total. The molecule has 4 rings (SSSR count). The predicted octanol–water partition coefficient (Wildman–Crippen LogP) is 2.94. The average Bonchev–Trinajstić information content (AvgIpc) is 2.78. The number of nitrogens with zero attached hydrogens (tertiary/aromatic N) is 2. The van der Waals surface area contributed by atoms with Gasteiger partial charge in [0.1, 0.15) is 0 Å². The fraction of sp³-hybridized carbons (Fsp3) is 0.458. The summed E-state index contributed by atoms with van der Waals surface area (Å²) in [6.07, 6.45) is 2.06. The van der Waals surface area contributed by atoms with E-state index in [1.165, 1.54) is 11.1 Å². The topological polar surface area (TPSA) is 47.6 Å². The number of hydrogen-bond donors (Lipinski definition) is 2. The number of nitrogens with one attached hydrogen (secondary N) is 2. The van der Waals surface area contributed by atoms with Crippen molar-refractivity contribution >= 4 is 11.6 Å². The second-order valence-electron chi connectivity index (χ2n) is 8.27. The fourth-order valence-corrected chi connectivity index (χ4v) is 4.22. The number of piperidine rings is 1. The summed E-state index contributed by atoms with van der Waals surface area (Å²) in [5.74, 6) is 0.232. The second kappa shape index (κ2) is 10.0. The molecule has 0 radical (unpaired) electrons. The third kappa shape index (κ3) is 5.89. The van der Waals surface area contributed by atoms with Gasteiger partial charge in [0.25, 0.3) is 0 Å². The summed E-state index contributed by atoms with van der Waals surface area (Å²) in [5, 5.41) is 6.38. The van der Waals surface area contributed by atoms with Crippen LogP contribution in [0.2, 0.25) is 0 Å². The van der Waals surface area contributed by atoms with Crippen molar-refractivity contribution in [2.24, 2.45) is 5.92 Å². The van der Waals surface area contributed by atoms with Gasteiger partial charge in [-0.1, -0.05) is 42.5 Å². The Bertz CT molecular complexity index is 763. The van der Waals surface area contributed by atoms with E-state index in [1.54, 1.807) is 0 Å². The highest BCUT2D eigenvalue weighted by atomic mass is 16.1. The molecule has 2 saturated heterocycles. The van der Waals surface area contributed by atoms with Gasteiger partial charge in [-0.05, 0) is 42.6 Å². The zero-order valence-corrected chi connectivity index (χ0v) is 17.1. The Hall–Kier alpha value is -2.21. The van der Waals surface area contributed by atoms with E-state index in [9.17, 15) is 4.79 Å². The maximum atomic E-state index is 12.4. The Morgan fingerprint density at radius 2 is 1.52 bits per heavy atom. The van der Waals surface area contributed by atoms with Crippen LogP contribution in [-0.4, -0.2) is 55.0 Å². The molecule has 1 unspecified atom stereocenters. The largest absolute Gasteiger partial charge is 0.326 e. The lowest BCUT2D eigenvalue weighted by Gasteiger charge is -2.34. The standard InChI is InChI=1S/C24H32N4O/c29-24(22-7-4-12-25-17-22)26-23-10-8-21(9-11-23)19-28-15-13-27(14-16-28)18-20-5-2-1-3-6-20/h1-3,5-6,8-11,22,25H,4,7,12-19H2,(H,26,29). The van der Waals surface area contributed by atoms with Crippen molar-refractivity contribution < 1.29 is 4.79 Å². The molecule has 2 heterocycles. The van der Waals surface area contributed by atoms with Crippen LogP contribution in [0, 0.1) is 5.92 Å². The van der Waals surface area contributed by atoms with E-state index in [1.807, 2.05) is 12.1 Å². The van der Waals surface area contributed by atoms with E-state index in [4.69, 9.17) is 0 Å². The van der Waals surface area contributed by atoms with Crippen LogP contribution in [0.25, 0.3) is 0 Å². The molecule has 1 amide bonds. The minimum absolute atomic E-state index is 0.0932. The van der Waals surface area contributed by atoms with Crippen molar-refractivity contribution in [3.8, 4) is 0 Å². The summed E-state index contributed by atoms with van der Waals surface area (Å²) in [4.78, 5) is 17.4. The summed E-state index contributed by atoms with van der Waals surface area (Å²) in [6, 6.07) is 19.1. The molecule has 0 bridgehead atoms. The normalized spacial score (nSPS) is 21.0. The number of anilines is 1. The number of rotatable bonds is 6. The van der Waals surface area contributed by atoms with Gasteiger partial charge in [-0.2, -0.15) is 0 Å². The van der Waals surface area contributed by atoms with Crippen LogP contribution in [0.15, 0.2) is 54.6 Å². The van der Waals surface area contributed by atoms with Gasteiger partial charge in [-0.25, -0.2) is 0 Å². The lowest BCUT2D eigenvalue weighted by atomic mass is 9.99. The van der Waals surface area contributed by atoms with Crippen LogP contribution in [0.5, 0.6) is 0 Å². The number of amides is 1. The van der Waals surface area contributed by atoms with Crippen LogP contribution < -0.4 is 10.6 Å². The number of carbonyl (C=O) groups is 1. The maximum Gasteiger partial charge on any atom is 0.228 e. The third-order valence-corrected chi connectivity index (χ3v) is 6.01. The number of hydrogen-bond acceptors (Lipinski definition) is 4. The Kier molecular flexibility index (Phi) is 6.93. The molecule has 2 aliphatic heterocycles. The van der Waals surface area contributed by atoms with Crippen LogP contribution in [0.3, 0.4) is 0 Å². The molecule has 2 aromatic carbocycles. The van der Waals surface area contributed by atoms with Crippen LogP contribution >= 0.6 is 0 Å². The van der Waals surface area contributed by atoms with E-state index in [0.29, 0.717) is 0 Å². The van der Waals surface area contributed by atoms with Crippen LogP contribution in [0.1, 0.15) is 24.0 Å². The van der Waals surface area contributed by atoms with Crippen molar-refractivity contribution in [3.05, 3.63) is 65.7 Å². The van der Waals surface area contributed by atoms with E-state index in [2.05, 4.69) is 62.9 Å². The molecular weight excluding hydrogens is 360 g/mol. The van der Waals surface area contributed by atoms with Gasteiger partial charge in [0.2, 0.25) is 5.91 Å². The molecule has 0 aliphatic carbocycles. The number of carbonyl (C=O) groups excluding carboxylic acids is 1. The lowest BCUT2D eigenvalue weighted by molar-refractivity contribution is -0.120. The number of piperazine rings is 1. The molecule has 5 heteroatoms. The zero-order valence-electron chi connectivity index (χ0n) is 17.1. The first-order valence-corrected chi connectivity index (χ1v) is 10.9. The van der Waals surface area contributed by atoms with Crippen molar-refractivity contribution in [1.29, 1.82) is 0 Å². The first-order valence-electron chi connectivity index (χ1n) is 10.9. The van der Waals surface area contributed by atoms with Gasteiger partial charge in [0.05, 0.1) is 5.92 Å². The molecule has 2 N–H and O–H groups in total. The highest BCUT2D eigenvalue weighted by Gasteiger charge is 2.21. The third-order valence-electron chi connectivity index (χ3n) is 6.01. The van der Waals surface area contributed by atoms with Gasteiger partial charge < -0.3 is 10.6 Å². The predicted molar refractivity (Wildman–Crippen MR) is 118 cm³/mol.